The van der Waals surface area contributed by atoms with E-state index in [4.69, 9.17) is 9.47 Å². The first-order valence-corrected chi connectivity index (χ1v) is 10.1. The number of rotatable bonds is 4. The summed E-state index contributed by atoms with van der Waals surface area (Å²) in [6, 6.07) is 2.27. The molecular formula is C19H29N5O3. The van der Waals surface area contributed by atoms with Gasteiger partial charge in [0.05, 0.1) is 19.8 Å². The molecule has 0 radical (unpaired) electrons. The molecule has 1 aromatic rings. The van der Waals surface area contributed by atoms with Crippen LogP contribution in [0.4, 0.5) is 10.6 Å². The topological polar surface area (TPSA) is 79.8 Å². The molecule has 4 rings (SSSR count). The van der Waals surface area contributed by atoms with E-state index in [1.165, 1.54) is 19.3 Å². The number of carbonyl (C=O) groups excluding carboxylic acids is 1. The predicted molar refractivity (Wildman–Crippen MR) is 101 cm³/mol. The molecule has 1 unspecified atom stereocenters. The van der Waals surface area contributed by atoms with Crippen LogP contribution >= 0.6 is 0 Å². The van der Waals surface area contributed by atoms with Crippen LogP contribution in [0.15, 0.2) is 12.4 Å². The monoisotopic (exact) mass is 375 g/mol. The molecule has 3 heterocycles. The Morgan fingerprint density at radius 2 is 1.93 bits per heavy atom. The minimum absolute atomic E-state index is 0.0189. The fourth-order valence-corrected chi connectivity index (χ4v) is 4.05. The van der Waals surface area contributed by atoms with Crippen LogP contribution in [0.5, 0.6) is 5.88 Å². The van der Waals surface area contributed by atoms with E-state index in [9.17, 15) is 4.79 Å². The Morgan fingerprint density at radius 1 is 1.11 bits per heavy atom. The van der Waals surface area contributed by atoms with Gasteiger partial charge in [-0.1, -0.05) is 19.3 Å². The number of morpholine rings is 1. The normalized spacial score (nSPS) is 24.1. The number of amides is 2. The van der Waals surface area contributed by atoms with Crippen molar-refractivity contribution in [2.45, 2.75) is 50.7 Å². The van der Waals surface area contributed by atoms with E-state index in [-0.39, 0.29) is 12.1 Å². The van der Waals surface area contributed by atoms with Gasteiger partial charge in [-0.15, -0.1) is 0 Å². The molecule has 1 saturated carbocycles. The molecule has 1 aliphatic carbocycles. The standard InChI is InChI=1S/C19H29N5O3/c25-19(22-15-4-2-1-3-5-15)24-7-6-16(13-24)27-18-12-17(20-14-21-18)23-8-10-26-11-9-23/h12,14-16H,1-11,13H2,(H,22,25). The highest BCUT2D eigenvalue weighted by atomic mass is 16.5. The van der Waals surface area contributed by atoms with E-state index >= 15 is 0 Å². The molecule has 27 heavy (non-hydrogen) atoms. The first-order chi connectivity index (χ1) is 13.3. The van der Waals surface area contributed by atoms with Crippen molar-refractivity contribution in [1.29, 1.82) is 0 Å². The fourth-order valence-electron chi connectivity index (χ4n) is 4.05. The van der Waals surface area contributed by atoms with Crippen molar-refractivity contribution < 1.29 is 14.3 Å². The van der Waals surface area contributed by atoms with Gasteiger partial charge in [-0.2, -0.15) is 0 Å². The van der Waals surface area contributed by atoms with Crippen molar-refractivity contribution in [3.8, 4) is 5.88 Å². The van der Waals surface area contributed by atoms with Crippen molar-refractivity contribution in [3.63, 3.8) is 0 Å². The van der Waals surface area contributed by atoms with Crippen LogP contribution in [0.3, 0.4) is 0 Å². The van der Waals surface area contributed by atoms with Gasteiger partial charge in [0.25, 0.3) is 0 Å². The quantitative estimate of drug-likeness (QED) is 0.865. The number of hydrogen-bond acceptors (Lipinski definition) is 6. The SMILES string of the molecule is O=C(NC1CCCCC1)N1CCC(Oc2cc(N3CCOCC3)ncn2)C1. The summed E-state index contributed by atoms with van der Waals surface area (Å²) in [6.45, 7) is 4.42. The molecule has 3 fully saturated rings. The fraction of sp³-hybridized carbons (Fsp3) is 0.737. The van der Waals surface area contributed by atoms with E-state index in [2.05, 4.69) is 20.2 Å². The van der Waals surface area contributed by atoms with Crippen molar-refractivity contribution in [2.75, 3.05) is 44.3 Å². The van der Waals surface area contributed by atoms with Crippen LogP contribution < -0.4 is 15.0 Å². The molecule has 3 aliphatic rings. The summed E-state index contributed by atoms with van der Waals surface area (Å²) in [6.07, 6.45) is 8.28. The number of nitrogens with zero attached hydrogens (tertiary/aromatic N) is 4. The number of ether oxygens (including phenoxy) is 2. The van der Waals surface area contributed by atoms with Crippen LogP contribution in [-0.2, 0) is 4.74 Å². The summed E-state index contributed by atoms with van der Waals surface area (Å²) >= 11 is 0. The van der Waals surface area contributed by atoms with Gasteiger partial charge in [-0.25, -0.2) is 14.8 Å². The third-order valence-corrected chi connectivity index (χ3v) is 5.62. The first kappa shape index (κ1) is 18.3. The second kappa shape index (κ2) is 8.73. The van der Waals surface area contributed by atoms with E-state index in [0.29, 0.717) is 31.7 Å². The molecule has 1 atom stereocenters. The minimum Gasteiger partial charge on any atom is -0.472 e. The summed E-state index contributed by atoms with van der Waals surface area (Å²) in [5.41, 5.74) is 0. The van der Waals surface area contributed by atoms with E-state index in [1.807, 2.05) is 11.0 Å². The van der Waals surface area contributed by atoms with Gasteiger partial charge < -0.3 is 24.6 Å². The Labute approximate surface area is 160 Å². The second-order valence-corrected chi connectivity index (χ2v) is 7.57. The maximum atomic E-state index is 12.5. The number of carbonyl (C=O) groups is 1. The lowest BCUT2D eigenvalue weighted by atomic mass is 9.96. The zero-order valence-corrected chi connectivity index (χ0v) is 15.8. The van der Waals surface area contributed by atoms with Gasteiger partial charge in [0.2, 0.25) is 5.88 Å². The number of likely N-dealkylation sites (tertiary alicyclic amines) is 1. The Bertz CT molecular complexity index is 632. The number of urea groups is 1. The summed E-state index contributed by atoms with van der Waals surface area (Å²) in [5.74, 6) is 1.44. The van der Waals surface area contributed by atoms with Crippen molar-refractivity contribution in [3.05, 3.63) is 12.4 Å². The molecule has 8 heteroatoms. The van der Waals surface area contributed by atoms with Crippen molar-refractivity contribution in [2.24, 2.45) is 0 Å². The molecule has 1 N–H and O–H groups in total. The van der Waals surface area contributed by atoms with Gasteiger partial charge in [-0.05, 0) is 12.8 Å². The largest absolute Gasteiger partial charge is 0.472 e. The third-order valence-electron chi connectivity index (χ3n) is 5.62. The Morgan fingerprint density at radius 3 is 2.74 bits per heavy atom. The van der Waals surface area contributed by atoms with Gasteiger partial charge in [-0.3, -0.25) is 0 Å². The third kappa shape index (κ3) is 4.80. The molecule has 2 aliphatic heterocycles. The van der Waals surface area contributed by atoms with Crippen LogP contribution in [0, 0.1) is 0 Å². The highest BCUT2D eigenvalue weighted by molar-refractivity contribution is 5.74. The average molecular weight is 375 g/mol. The molecule has 0 spiro atoms. The molecule has 0 bridgehead atoms. The first-order valence-electron chi connectivity index (χ1n) is 10.1. The average Bonchev–Trinajstić information content (AvgIpc) is 3.18. The second-order valence-electron chi connectivity index (χ2n) is 7.57. The zero-order valence-electron chi connectivity index (χ0n) is 15.8. The molecule has 148 valence electrons. The molecule has 8 nitrogen and oxygen atoms in total. The zero-order chi connectivity index (χ0) is 18.5. The molecule has 0 aromatic carbocycles. The van der Waals surface area contributed by atoms with Crippen LogP contribution in [0.25, 0.3) is 0 Å². The predicted octanol–water partition coefficient (Wildman–Crippen LogP) is 1.81. The van der Waals surface area contributed by atoms with Crippen LogP contribution in [0.2, 0.25) is 0 Å². The van der Waals surface area contributed by atoms with Gasteiger partial charge in [0, 0.05) is 38.2 Å². The van der Waals surface area contributed by atoms with Crippen LogP contribution in [-0.4, -0.2) is 72.4 Å². The van der Waals surface area contributed by atoms with Crippen molar-refractivity contribution >= 4 is 11.8 Å². The molecule has 2 amide bonds. The Balaban J connectivity index is 1.28. The molecule has 1 aromatic heterocycles. The maximum absolute atomic E-state index is 12.5. The summed E-state index contributed by atoms with van der Waals surface area (Å²) in [4.78, 5) is 25.1. The Kier molecular flexibility index (Phi) is 5.91. The van der Waals surface area contributed by atoms with E-state index in [0.717, 1.165) is 44.7 Å². The smallest absolute Gasteiger partial charge is 0.317 e. The molecular weight excluding hydrogens is 346 g/mol. The highest BCUT2D eigenvalue weighted by Crippen LogP contribution is 2.22. The minimum atomic E-state index is -0.0189. The van der Waals surface area contributed by atoms with E-state index < -0.39 is 0 Å². The number of nitrogens with one attached hydrogen (secondary N) is 1. The van der Waals surface area contributed by atoms with Gasteiger partial charge >= 0.3 is 6.03 Å². The summed E-state index contributed by atoms with van der Waals surface area (Å²) in [5, 5.41) is 3.18. The lowest BCUT2D eigenvalue weighted by Crippen LogP contribution is -2.45. The maximum Gasteiger partial charge on any atom is 0.317 e. The number of anilines is 1. The highest BCUT2D eigenvalue weighted by Gasteiger charge is 2.29. The lowest BCUT2D eigenvalue weighted by Gasteiger charge is -2.28. The number of hydrogen-bond donors (Lipinski definition) is 1. The number of aromatic nitrogens is 2. The van der Waals surface area contributed by atoms with Gasteiger partial charge in [0.15, 0.2) is 0 Å². The molecule has 2 saturated heterocycles. The van der Waals surface area contributed by atoms with Crippen molar-refractivity contribution in [1.82, 2.24) is 20.2 Å². The van der Waals surface area contributed by atoms with Crippen LogP contribution in [0.1, 0.15) is 38.5 Å². The summed E-state index contributed by atoms with van der Waals surface area (Å²) < 4.78 is 11.4. The van der Waals surface area contributed by atoms with Gasteiger partial charge in [0.1, 0.15) is 18.2 Å². The summed E-state index contributed by atoms with van der Waals surface area (Å²) in [7, 11) is 0. The lowest BCUT2D eigenvalue weighted by molar-refractivity contribution is 0.122. The Hall–Kier alpha value is -2.09. The van der Waals surface area contributed by atoms with E-state index in [1.54, 1.807) is 6.33 Å².